The minimum absolute atomic E-state index is 0.0164. The third kappa shape index (κ3) is 3.23. The second-order valence-corrected chi connectivity index (χ2v) is 7.45. The zero-order chi connectivity index (χ0) is 19.8. The number of nitrogens with zero attached hydrogens (tertiary/aromatic N) is 4. The van der Waals surface area contributed by atoms with Crippen molar-refractivity contribution in [3.8, 4) is 11.3 Å². The van der Waals surface area contributed by atoms with Crippen molar-refractivity contribution in [1.82, 2.24) is 24.8 Å². The Hall–Kier alpha value is -3.32. The molecule has 1 aliphatic carbocycles. The van der Waals surface area contributed by atoms with Gasteiger partial charge >= 0.3 is 0 Å². The minimum Gasteiger partial charge on any atom is -0.392 e. The number of hydrogen-bond donors (Lipinski definition) is 2. The molecule has 5 rings (SSSR count). The highest BCUT2D eigenvalue weighted by atomic mass is 16.3. The average Bonchev–Trinajstić information content (AvgIpc) is 3.17. The number of aromatic nitrogens is 4. The molecule has 0 atom stereocenters. The summed E-state index contributed by atoms with van der Waals surface area (Å²) >= 11 is 0. The standard InChI is InChI=1S/C22H21N5O2/c28-13-14-4-3-5-15(10-14)19-20(24-9-8-23-19)16-11-27(12-16)22(29)21-25-17-6-1-2-7-18(17)26-21/h1,3-6,8-10,16,28H,2,7,11-13H2,(H,25,26). The molecule has 3 heterocycles. The number of imidazole rings is 1. The van der Waals surface area contributed by atoms with E-state index in [1.807, 2.05) is 30.3 Å². The molecule has 0 saturated carbocycles. The van der Waals surface area contributed by atoms with E-state index in [9.17, 15) is 9.90 Å². The molecule has 1 amide bonds. The van der Waals surface area contributed by atoms with Crippen molar-refractivity contribution in [2.24, 2.45) is 0 Å². The van der Waals surface area contributed by atoms with Crippen LogP contribution < -0.4 is 0 Å². The number of allylic oxidation sites excluding steroid dienone is 1. The van der Waals surface area contributed by atoms with Gasteiger partial charge in [-0.1, -0.05) is 24.3 Å². The van der Waals surface area contributed by atoms with Crippen LogP contribution in [0.3, 0.4) is 0 Å². The monoisotopic (exact) mass is 387 g/mol. The van der Waals surface area contributed by atoms with Gasteiger partial charge in [0, 0.05) is 42.7 Å². The molecule has 0 radical (unpaired) electrons. The summed E-state index contributed by atoms with van der Waals surface area (Å²) in [6.45, 7) is 1.16. The predicted octanol–water partition coefficient (Wildman–Crippen LogP) is 2.56. The number of carbonyl (C=O) groups is 1. The molecular weight excluding hydrogens is 366 g/mol. The summed E-state index contributed by atoms with van der Waals surface area (Å²) in [5, 5.41) is 9.42. The van der Waals surface area contributed by atoms with Crippen LogP contribution in [0.1, 0.15) is 45.6 Å². The summed E-state index contributed by atoms with van der Waals surface area (Å²) in [5.41, 5.74) is 5.35. The average molecular weight is 387 g/mol. The zero-order valence-corrected chi connectivity index (χ0v) is 15.9. The summed E-state index contributed by atoms with van der Waals surface area (Å²) in [6, 6.07) is 7.68. The van der Waals surface area contributed by atoms with E-state index in [0.29, 0.717) is 18.9 Å². The summed E-state index contributed by atoms with van der Waals surface area (Å²) in [6.07, 6.45) is 9.28. The van der Waals surface area contributed by atoms with E-state index in [1.165, 1.54) is 0 Å². The van der Waals surface area contributed by atoms with Crippen LogP contribution in [0.15, 0.2) is 42.7 Å². The van der Waals surface area contributed by atoms with Crippen molar-refractivity contribution >= 4 is 12.0 Å². The van der Waals surface area contributed by atoms with Crippen molar-refractivity contribution < 1.29 is 9.90 Å². The van der Waals surface area contributed by atoms with Crippen LogP contribution in [0.4, 0.5) is 0 Å². The Labute approximate surface area is 168 Å². The molecule has 3 aromatic rings. The van der Waals surface area contributed by atoms with Crippen LogP contribution in [0.5, 0.6) is 0 Å². The number of carbonyl (C=O) groups excluding carboxylic acids is 1. The van der Waals surface area contributed by atoms with Gasteiger partial charge in [-0.3, -0.25) is 14.8 Å². The number of aliphatic hydroxyl groups excluding tert-OH is 1. The van der Waals surface area contributed by atoms with Gasteiger partial charge in [-0.15, -0.1) is 0 Å². The quantitative estimate of drug-likeness (QED) is 0.717. The molecule has 7 heteroatoms. The first-order valence-electron chi connectivity index (χ1n) is 9.78. The maximum absolute atomic E-state index is 12.8. The highest BCUT2D eigenvalue weighted by molar-refractivity contribution is 5.92. The molecule has 2 N–H and O–H groups in total. The fraction of sp³-hybridized carbons (Fsp3) is 0.273. The Morgan fingerprint density at radius 2 is 2.10 bits per heavy atom. The van der Waals surface area contributed by atoms with Crippen molar-refractivity contribution in [3.63, 3.8) is 0 Å². The molecule has 146 valence electrons. The number of H-pyrrole nitrogens is 1. The molecule has 2 aromatic heterocycles. The Kier molecular flexibility index (Phi) is 4.44. The van der Waals surface area contributed by atoms with Gasteiger partial charge in [-0.05, 0) is 30.5 Å². The lowest BCUT2D eigenvalue weighted by Gasteiger charge is -2.38. The van der Waals surface area contributed by atoms with Gasteiger partial charge in [0.15, 0.2) is 5.82 Å². The molecule has 7 nitrogen and oxygen atoms in total. The van der Waals surface area contributed by atoms with E-state index in [1.54, 1.807) is 17.3 Å². The number of nitrogens with one attached hydrogen (secondary N) is 1. The highest BCUT2D eigenvalue weighted by Gasteiger charge is 2.36. The van der Waals surface area contributed by atoms with Gasteiger partial charge in [0.25, 0.3) is 5.91 Å². The third-order valence-corrected chi connectivity index (χ3v) is 5.52. The normalized spacial score (nSPS) is 15.8. The maximum atomic E-state index is 12.8. The molecule has 1 aliphatic heterocycles. The number of hydrogen-bond acceptors (Lipinski definition) is 5. The summed E-state index contributed by atoms with van der Waals surface area (Å²) in [7, 11) is 0. The Morgan fingerprint density at radius 1 is 1.24 bits per heavy atom. The van der Waals surface area contributed by atoms with Crippen LogP contribution >= 0.6 is 0 Å². The number of fused-ring (bicyclic) bond motifs is 1. The number of likely N-dealkylation sites (tertiary alicyclic amines) is 1. The van der Waals surface area contributed by atoms with Gasteiger partial charge in [0.1, 0.15) is 0 Å². The van der Waals surface area contributed by atoms with Gasteiger partial charge in [-0.2, -0.15) is 0 Å². The lowest BCUT2D eigenvalue weighted by molar-refractivity contribution is 0.0587. The summed E-state index contributed by atoms with van der Waals surface area (Å²) in [5.74, 6) is 0.469. The van der Waals surface area contributed by atoms with Crippen molar-refractivity contribution in [1.29, 1.82) is 0 Å². The number of aromatic amines is 1. The van der Waals surface area contributed by atoms with Crippen molar-refractivity contribution in [2.75, 3.05) is 13.1 Å². The summed E-state index contributed by atoms with van der Waals surface area (Å²) < 4.78 is 0. The second-order valence-electron chi connectivity index (χ2n) is 7.45. The number of aliphatic hydroxyl groups is 1. The molecule has 0 spiro atoms. The molecule has 0 unspecified atom stereocenters. The molecule has 0 bridgehead atoms. The van der Waals surface area contributed by atoms with E-state index in [0.717, 1.165) is 46.7 Å². The van der Waals surface area contributed by atoms with Crippen LogP contribution in [0.25, 0.3) is 17.3 Å². The molecule has 1 fully saturated rings. The van der Waals surface area contributed by atoms with Gasteiger partial charge in [0.2, 0.25) is 0 Å². The number of rotatable bonds is 4. The predicted molar refractivity (Wildman–Crippen MR) is 108 cm³/mol. The largest absolute Gasteiger partial charge is 0.392 e. The van der Waals surface area contributed by atoms with Crippen LogP contribution in [-0.4, -0.2) is 48.9 Å². The van der Waals surface area contributed by atoms with Crippen LogP contribution in [0.2, 0.25) is 0 Å². The first-order valence-corrected chi connectivity index (χ1v) is 9.78. The van der Waals surface area contributed by atoms with Crippen LogP contribution in [-0.2, 0) is 13.0 Å². The zero-order valence-electron chi connectivity index (χ0n) is 15.9. The molecule has 29 heavy (non-hydrogen) atoms. The van der Waals surface area contributed by atoms with E-state index in [4.69, 9.17) is 0 Å². The molecule has 1 aromatic carbocycles. The minimum atomic E-state index is -0.0724. The Bertz CT molecular complexity index is 1100. The maximum Gasteiger partial charge on any atom is 0.289 e. The SMILES string of the molecule is O=C(c1nc2c([nH]1)CCC=C2)N1CC(c2nccnc2-c2cccc(CO)c2)C1. The summed E-state index contributed by atoms with van der Waals surface area (Å²) in [4.78, 5) is 31.3. The lowest BCUT2D eigenvalue weighted by Crippen LogP contribution is -2.49. The fourth-order valence-corrected chi connectivity index (χ4v) is 3.93. The Morgan fingerprint density at radius 3 is 2.93 bits per heavy atom. The van der Waals surface area contributed by atoms with Gasteiger partial charge in [-0.25, -0.2) is 4.98 Å². The Balaban J connectivity index is 1.34. The second kappa shape index (κ2) is 7.25. The fourth-order valence-electron chi connectivity index (χ4n) is 3.93. The smallest absolute Gasteiger partial charge is 0.289 e. The van der Waals surface area contributed by atoms with Crippen molar-refractivity contribution in [2.45, 2.75) is 25.4 Å². The number of benzene rings is 1. The lowest BCUT2D eigenvalue weighted by atomic mass is 9.92. The first kappa shape index (κ1) is 17.8. The molecule has 1 saturated heterocycles. The van der Waals surface area contributed by atoms with Gasteiger partial charge < -0.3 is 15.0 Å². The van der Waals surface area contributed by atoms with Crippen molar-refractivity contribution in [3.05, 3.63) is 71.2 Å². The van der Waals surface area contributed by atoms with E-state index in [-0.39, 0.29) is 18.4 Å². The third-order valence-electron chi connectivity index (χ3n) is 5.52. The number of amides is 1. The van der Waals surface area contributed by atoms with E-state index < -0.39 is 0 Å². The van der Waals surface area contributed by atoms with E-state index >= 15 is 0 Å². The molecule has 2 aliphatic rings. The first-order chi connectivity index (χ1) is 14.2. The number of aryl methyl sites for hydroxylation is 1. The molecular formula is C22H21N5O2. The highest BCUT2D eigenvalue weighted by Crippen LogP contribution is 2.33. The topological polar surface area (TPSA) is 95.0 Å². The van der Waals surface area contributed by atoms with Crippen LogP contribution in [0, 0.1) is 0 Å². The van der Waals surface area contributed by atoms with E-state index in [2.05, 4.69) is 26.0 Å². The van der Waals surface area contributed by atoms with Gasteiger partial charge in [0.05, 0.1) is 23.7 Å².